The second kappa shape index (κ2) is 7.40. The Morgan fingerprint density at radius 2 is 2.04 bits per heavy atom. The summed E-state index contributed by atoms with van der Waals surface area (Å²) in [5.41, 5.74) is 3.32. The molecule has 2 heterocycles. The summed E-state index contributed by atoms with van der Waals surface area (Å²) in [7, 11) is 0. The quantitative estimate of drug-likeness (QED) is 0.760. The van der Waals surface area contributed by atoms with E-state index in [0.717, 1.165) is 41.8 Å². The fourth-order valence-electron chi connectivity index (χ4n) is 3.21. The Morgan fingerprint density at radius 1 is 1.16 bits per heavy atom. The number of nitrogens with one attached hydrogen (secondary N) is 1. The zero-order valence-electron chi connectivity index (χ0n) is 13.9. The average molecular weight is 354 g/mol. The van der Waals surface area contributed by atoms with E-state index in [1.165, 1.54) is 5.56 Å². The van der Waals surface area contributed by atoms with Crippen molar-refractivity contribution in [3.8, 4) is 11.3 Å². The zero-order chi connectivity index (χ0) is 17.1. The Hall–Kier alpha value is -2.14. The zero-order valence-corrected chi connectivity index (χ0v) is 14.6. The number of hydrogen-bond acceptors (Lipinski definition) is 3. The second-order valence-corrected chi connectivity index (χ2v) is 6.68. The number of H-pyrrole nitrogens is 1. The maximum absolute atomic E-state index is 6.10. The molecule has 0 unspecified atom stereocenters. The van der Waals surface area contributed by atoms with Gasteiger partial charge in [-0.2, -0.15) is 0 Å². The highest BCUT2D eigenvalue weighted by Gasteiger charge is 2.27. The number of hydrogen-bond donors (Lipinski definition) is 1. The van der Waals surface area contributed by atoms with E-state index in [0.29, 0.717) is 6.61 Å². The number of nitrogens with zero attached hydrogens (tertiary/aromatic N) is 2. The first-order chi connectivity index (χ1) is 12.3. The Morgan fingerprint density at radius 3 is 2.88 bits per heavy atom. The monoisotopic (exact) mass is 353 g/mol. The van der Waals surface area contributed by atoms with Gasteiger partial charge in [0.2, 0.25) is 0 Å². The van der Waals surface area contributed by atoms with E-state index in [-0.39, 0.29) is 6.04 Å². The molecule has 2 aromatic carbocycles. The first-order valence-electron chi connectivity index (χ1n) is 8.46. The van der Waals surface area contributed by atoms with Crippen LogP contribution in [0.1, 0.15) is 17.4 Å². The van der Waals surface area contributed by atoms with Crippen LogP contribution >= 0.6 is 11.6 Å². The normalized spacial score (nSPS) is 18.4. The van der Waals surface area contributed by atoms with Gasteiger partial charge in [-0.3, -0.25) is 4.90 Å². The molecular formula is C20H20ClN3O. The van der Waals surface area contributed by atoms with Crippen molar-refractivity contribution >= 4 is 11.6 Å². The van der Waals surface area contributed by atoms with Gasteiger partial charge in [0.25, 0.3) is 0 Å². The summed E-state index contributed by atoms with van der Waals surface area (Å²) >= 11 is 6.10. The van der Waals surface area contributed by atoms with E-state index < -0.39 is 0 Å². The standard InChI is InChI=1S/C20H20ClN3O/c21-17-8-4-7-16(11-17)18-12-22-20(23-18)19-14-25-10-9-24(19)13-15-5-2-1-3-6-15/h1-8,11-12,19H,9-10,13-14H2,(H,22,23)/t19-/m0/s1. The number of aromatic amines is 1. The van der Waals surface area contributed by atoms with Gasteiger partial charge in [-0.05, 0) is 17.7 Å². The third kappa shape index (κ3) is 3.76. The SMILES string of the molecule is Clc1cccc(-c2cnc([C@@H]3COCCN3Cc3ccccc3)[nH]2)c1. The molecule has 0 spiro atoms. The molecule has 1 atom stereocenters. The fraction of sp³-hybridized carbons (Fsp3) is 0.250. The van der Waals surface area contributed by atoms with Crippen molar-refractivity contribution < 1.29 is 4.74 Å². The van der Waals surface area contributed by atoms with Gasteiger partial charge < -0.3 is 9.72 Å². The number of aromatic nitrogens is 2. The summed E-state index contributed by atoms with van der Waals surface area (Å²) in [6.07, 6.45) is 1.87. The first-order valence-corrected chi connectivity index (χ1v) is 8.84. The molecule has 4 nitrogen and oxygen atoms in total. The summed E-state index contributed by atoms with van der Waals surface area (Å²) in [5, 5.41) is 0.723. The van der Waals surface area contributed by atoms with Crippen LogP contribution in [-0.4, -0.2) is 34.6 Å². The van der Waals surface area contributed by atoms with Gasteiger partial charge in [0.05, 0.1) is 31.1 Å². The van der Waals surface area contributed by atoms with Crippen LogP contribution in [0.5, 0.6) is 0 Å². The van der Waals surface area contributed by atoms with Crippen LogP contribution in [0.3, 0.4) is 0 Å². The van der Waals surface area contributed by atoms with E-state index in [1.54, 1.807) is 0 Å². The van der Waals surface area contributed by atoms with E-state index >= 15 is 0 Å². The number of benzene rings is 2. The highest BCUT2D eigenvalue weighted by atomic mass is 35.5. The first kappa shape index (κ1) is 16.3. The lowest BCUT2D eigenvalue weighted by atomic mass is 10.1. The molecule has 0 bridgehead atoms. The predicted molar refractivity (Wildman–Crippen MR) is 99.4 cm³/mol. The van der Waals surface area contributed by atoms with Crippen LogP contribution in [-0.2, 0) is 11.3 Å². The Kier molecular flexibility index (Phi) is 4.83. The van der Waals surface area contributed by atoms with Gasteiger partial charge in [0, 0.05) is 23.7 Å². The van der Waals surface area contributed by atoms with Crippen molar-refractivity contribution in [1.82, 2.24) is 14.9 Å². The number of rotatable bonds is 4. The van der Waals surface area contributed by atoms with E-state index in [2.05, 4.69) is 39.1 Å². The predicted octanol–water partition coefficient (Wildman–Crippen LogP) is 4.30. The van der Waals surface area contributed by atoms with Crippen LogP contribution in [0.25, 0.3) is 11.3 Å². The maximum Gasteiger partial charge on any atom is 0.126 e. The van der Waals surface area contributed by atoms with Crippen LogP contribution in [0.2, 0.25) is 5.02 Å². The van der Waals surface area contributed by atoms with Gasteiger partial charge >= 0.3 is 0 Å². The van der Waals surface area contributed by atoms with Gasteiger partial charge in [-0.25, -0.2) is 4.98 Å². The van der Waals surface area contributed by atoms with Crippen molar-refractivity contribution in [1.29, 1.82) is 0 Å². The number of ether oxygens (including phenoxy) is 1. The summed E-state index contributed by atoms with van der Waals surface area (Å²) in [6.45, 7) is 3.19. The second-order valence-electron chi connectivity index (χ2n) is 6.24. The van der Waals surface area contributed by atoms with Crippen LogP contribution in [0.15, 0.2) is 60.8 Å². The molecule has 3 aromatic rings. The summed E-state index contributed by atoms with van der Waals surface area (Å²) in [6, 6.07) is 18.4. The van der Waals surface area contributed by atoms with Crippen LogP contribution in [0.4, 0.5) is 0 Å². The summed E-state index contributed by atoms with van der Waals surface area (Å²) in [5.74, 6) is 0.936. The highest BCUT2D eigenvalue weighted by Crippen LogP contribution is 2.27. The van der Waals surface area contributed by atoms with Crippen molar-refractivity contribution in [3.05, 3.63) is 77.2 Å². The topological polar surface area (TPSA) is 41.1 Å². The maximum atomic E-state index is 6.10. The molecule has 1 aromatic heterocycles. The largest absolute Gasteiger partial charge is 0.378 e. The minimum atomic E-state index is 0.127. The molecule has 0 saturated carbocycles. The molecule has 25 heavy (non-hydrogen) atoms. The summed E-state index contributed by atoms with van der Waals surface area (Å²) in [4.78, 5) is 10.5. The lowest BCUT2D eigenvalue weighted by Crippen LogP contribution is -2.39. The number of halogens is 1. The smallest absolute Gasteiger partial charge is 0.126 e. The Labute approximate surface area is 152 Å². The molecule has 0 radical (unpaired) electrons. The minimum absolute atomic E-state index is 0.127. The van der Waals surface area contributed by atoms with E-state index in [9.17, 15) is 0 Å². The number of imidazole rings is 1. The van der Waals surface area contributed by atoms with Crippen molar-refractivity contribution in [2.45, 2.75) is 12.6 Å². The van der Waals surface area contributed by atoms with Gasteiger partial charge in [-0.1, -0.05) is 54.1 Å². The molecule has 1 N–H and O–H groups in total. The third-order valence-electron chi connectivity index (χ3n) is 4.51. The van der Waals surface area contributed by atoms with Crippen LogP contribution in [0, 0.1) is 0 Å². The molecule has 0 aliphatic carbocycles. The number of morpholine rings is 1. The Balaban J connectivity index is 1.57. The van der Waals surface area contributed by atoms with Gasteiger partial charge in [-0.15, -0.1) is 0 Å². The molecule has 0 amide bonds. The molecule has 5 heteroatoms. The lowest BCUT2D eigenvalue weighted by molar-refractivity contribution is -0.0156. The molecule has 4 rings (SSSR count). The molecule has 1 saturated heterocycles. The van der Waals surface area contributed by atoms with Gasteiger partial charge in [0.1, 0.15) is 5.82 Å². The summed E-state index contributed by atoms with van der Waals surface area (Å²) < 4.78 is 5.72. The molecule has 1 aliphatic heterocycles. The highest BCUT2D eigenvalue weighted by molar-refractivity contribution is 6.30. The van der Waals surface area contributed by atoms with E-state index in [4.69, 9.17) is 16.3 Å². The molecule has 1 fully saturated rings. The van der Waals surface area contributed by atoms with Crippen molar-refractivity contribution in [2.24, 2.45) is 0 Å². The van der Waals surface area contributed by atoms with Crippen molar-refractivity contribution in [2.75, 3.05) is 19.8 Å². The Bertz CT molecular complexity index is 834. The molecule has 128 valence electrons. The fourth-order valence-corrected chi connectivity index (χ4v) is 3.40. The third-order valence-corrected chi connectivity index (χ3v) is 4.75. The molecular weight excluding hydrogens is 334 g/mol. The van der Waals surface area contributed by atoms with E-state index in [1.807, 2.05) is 36.5 Å². The lowest BCUT2D eigenvalue weighted by Gasteiger charge is -2.34. The van der Waals surface area contributed by atoms with Gasteiger partial charge in [0.15, 0.2) is 0 Å². The van der Waals surface area contributed by atoms with Crippen LogP contribution < -0.4 is 0 Å². The van der Waals surface area contributed by atoms with Crippen molar-refractivity contribution in [3.63, 3.8) is 0 Å². The minimum Gasteiger partial charge on any atom is -0.378 e. The average Bonchev–Trinajstić information content (AvgIpc) is 3.13. The molecule has 1 aliphatic rings.